The fourth-order valence-electron chi connectivity index (χ4n) is 2.71. The first-order chi connectivity index (χ1) is 12.6. The van der Waals surface area contributed by atoms with Gasteiger partial charge in [-0.2, -0.15) is 5.26 Å². The maximum Gasteiger partial charge on any atom is 0.185 e. The Labute approximate surface area is 154 Å². The molecular weight excluding hydrogens is 353 g/mol. The highest BCUT2D eigenvalue weighted by Crippen LogP contribution is 2.35. The highest BCUT2D eigenvalue weighted by Gasteiger charge is 2.36. The molecule has 2 aromatic rings. The van der Waals surface area contributed by atoms with Gasteiger partial charge in [0.05, 0.1) is 11.3 Å². The zero-order valence-corrected chi connectivity index (χ0v) is 14.7. The van der Waals surface area contributed by atoms with Crippen LogP contribution in [0.2, 0.25) is 0 Å². The Balaban J connectivity index is 1.84. The van der Waals surface area contributed by atoms with Crippen molar-refractivity contribution in [1.82, 2.24) is 9.97 Å². The normalized spacial score (nSPS) is 19.5. The molecular formula is C18H16FN5OS. The SMILES string of the molecule is N#Cc1ccc(C(=O)Cc2ccnc([C@]3(CF)CCSC(N)=N3)c2)nc1. The van der Waals surface area contributed by atoms with Crippen LogP contribution in [0.15, 0.2) is 41.7 Å². The second kappa shape index (κ2) is 7.62. The minimum absolute atomic E-state index is 0.102. The molecule has 1 aliphatic rings. The van der Waals surface area contributed by atoms with Gasteiger partial charge in [0.25, 0.3) is 0 Å². The molecule has 2 N–H and O–H groups in total. The van der Waals surface area contributed by atoms with Crippen molar-refractivity contribution >= 4 is 22.7 Å². The molecule has 1 aliphatic heterocycles. The Morgan fingerprint density at radius 3 is 2.88 bits per heavy atom. The predicted octanol–water partition coefficient (Wildman–Crippen LogP) is 2.39. The molecule has 132 valence electrons. The van der Waals surface area contributed by atoms with Crippen LogP contribution in [0.5, 0.6) is 0 Å². The molecule has 1 atom stereocenters. The summed E-state index contributed by atoms with van der Waals surface area (Å²) in [5.41, 5.74) is 6.53. The minimum Gasteiger partial charge on any atom is -0.379 e. The fourth-order valence-corrected chi connectivity index (χ4v) is 3.60. The highest BCUT2D eigenvalue weighted by molar-refractivity contribution is 8.13. The summed E-state index contributed by atoms with van der Waals surface area (Å²) >= 11 is 1.39. The molecule has 0 spiro atoms. The first-order valence-corrected chi connectivity index (χ1v) is 8.94. The lowest BCUT2D eigenvalue weighted by molar-refractivity contribution is 0.0988. The smallest absolute Gasteiger partial charge is 0.185 e. The van der Waals surface area contributed by atoms with Crippen molar-refractivity contribution in [3.63, 3.8) is 0 Å². The topological polar surface area (TPSA) is 105 Å². The van der Waals surface area contributed by atoms with Gasteiger partial charge in [-0.3, -0.25) is 14.8 Å². The van der Waals surface area contributed by atoms with Crippen LogP contribution in [0.3, 0.4) is 0 Å². The van der Waals surface area contributed by atoms with Crippen molar-refractivity contribution in [2.45, 2.75) is 18.4 Å². The molecule has 8 heteroatoms. The van der Waals surface area contributed by atoms with Crippen LogP contribution in [-0.2, 0) is 12.0 Å². The number of nitriles is 1. The van der Waals surface area contributed by atoms with Crippen molar-refractivity contribution in [3.05, 3.63) is 59.2 Å². The molecule has 3 heterocycles. The van der Waals surface area contributed by atoms with Crippen LogP contribution < -0.4 is 5.73 Å². The lowest BCUT2D eigenvalue weighted by atomic mass is 9.92. The Morgan fingerprint density at radius 2 is 2.23 bits per heavy atom. The van der Waals surface area contributed by atoms with E-state index in [2.05, 4.69) is 15.0 Å². The third-order valence-corrected chi connectivity index (χ3v) is 4.95. The van der Waals surface area contributed by atoms with E-state index in [1.54, 1.807) is 24.4 Å². The predicted molar refractivity (Wildman–Crippen MR) is 97.6 cm³/mol. The second-order valence-corrected chi connectivity index (χ2v) is 7.02. The monoisotopic (exact) mass is 369 g/mol. The second-order valence-electron chi connectivity index (χ2n) is 5.91. The van der Waals surface area contributed by atoms with E-state index in [0.29, 0.717) is 34.2 Å². The number of hydrogen-bond acceptors (Lipinski definition) is 7. The van der Waals surface area contributed by atoms with Crippen LogP contribution >= 0.6 is 11.8 Å². The molecule has 0 amide bonds. The summed E-state index contributed by atoms with van der Waals surface area (Å²) in [5.74, 6) is 0.474. The van der Waals surface area contributed by atoms with Gasteiger partial charge in [-0.25, -0.2) is 9.38 Å². The van der Waals surface area contributed by atoms with Gasteiger partial charge in [0.2, 0.25) is 0 Å². The van der Waals surface area contributed by atoms with Gasteiger partial charge in [0.15, 0.2) is 11.0 Å². The van der Waals surface area contributed by atoms with Gasteiger partial charge in [0.1, 0.15) is 24.0 Å². The van der Waals surface area contributed by atoms with E-state index in [0.717, 1.165) is 0 Å². The van der Waals surface area contributed by atoms with E-state index in [9.17, 15) is 9.18 Å². The molecule has 0 saturated carbocycles. The first kappa shape index (κ1) is 18.0. The number of Topliss-reactive ketones (excluding diaryl/α,β-unsaturated/α-hetero) is 1. The quantitative estimate of drug-likeness (QED) is 0.811. The Morgan fingerprint density at radius 1 is 1.38 bits per heavy atom. The van der Waals surface area contributed by atoms with Gasteiger partial charge >= 0.3 is 0 Å². The van der Waals surface area contributed by atoms with Crippen molar-refractivity contribution in [2.75, 3.05) is 12.4 Å². The van der Waals surface area contributed by atoms with E-state index in [1.807, 2.05) is 6.07 Å². The van der Waals surface area contributed by atoms with E-state index >= 15 is 0 Å². The van der Waals surface area contributed by atoms with E-state index in [-0.39, 0.29) is 17.9 Å². The van der Waals surface area contributed by atoms with Gasteiger partial charge in [-0.1, -0.05) is 11.8 Å². The number of carbonyl (C=O) groups excluding carboxylic acids is 1. The lowest BCUT2D eigenvalue weighted by Gasteiger charge is -2.30. The van der Waals surface area contributed by atoms with Crippen molar-refractivity contribution < 1.29 is 9.18 Å². The van der Waals surface area contributed by atoms with Crippen molar-refractivity contribution in [3.8, 4) is 6.07 Å². The number of pyridine rings is 2. The molecule has 0 aliphatic carbocycles. The summed E-state index contributed by atoms with van der Waals surface area (Å²) in [6, 6.07) is 8.44. The average Bonchev–Trinajstić information content (AvgIpc) is 2.68. The lowest BCUT2D eigenvalue weighted by Crippen LogP contribution is -2.34. The molecule has 0 unspecified atom stereocenters. The van der Waals surface area contributed by atoms with E-state index in [1.165, 1.54) is 24.0 Å². The summed E-state index contributed by atoms with van der Waals surface area (Å²) in [5, 5.41) is 9.14. The molecule has 0 fully saturated rings. The third kappa shape index (κ3) is 3.73. The van der Waals surface area contributed by atoms with Crippen LogP contribution in [-0.4, -0.2) is 33.3 Å². The fraction of sp³-hybridized carbons (Fsp3) is 0.278. The van der Waals surface area contributed by atoms with Crippen molar-refractivity contribution in [2.24, 2.45) is 10.7 Å². The number of thioether (sulfide) groups is 1. The van der Waals surface area contributed by atoms with Crippen LogP contribution in [0.1, 0.15) is 33.7 Å². The highest BCUT2D eigenvalue weighted by atomic mass is 32.2. The summed E-state index contributed by atoms with van der Waals surface area (Å²) in [7, 11) is 0. The maximum atomic E-state index is 13.8. The van der Waals surface area contributed by atoms with Crippen LogP contribution in [0.25, 0.3) is 0 Å². The Bertz CT molecular complexity index is 893. The maximum absolute atomic E-state index is 13.8. The zero-order valence-electron chi connectivity index (χ0n) is 13.9. The molecule has 0 bridgehead atoms. The van der Waals surface area contributed by atoms with Gasteiger partial charge in [-0.15, -0.1) is 0 Å². The number of hydrogen-bond donors (Lipinski definition) is 1. The number of halogens is 1. The molecule has 6 nitrogen and oxygen atoms in total. The van der Waals surface area contributed by atoms with Gasteiger partial charge in [0, 0.05) is 24.6 Å². The number of aromatic nitrogens is 2. The molecule has 0 saturated heterocycles. The number of rotatable bonds is 5. The van der Waals surface area contributed by atoms with Crippen LogP contribution in [0.4, 0.5) is 4.39 Å². The standard InChI is InChI=1S/C18H16FN5OS/c19-11-18(4-6-26-17(21)24-18)16-8-12(3-5-22-16)7-15(25)14-2-1-13(9-20)10-23-14/h1-3,5,8,10H,4,6-7,11H2,(H2,21,24)/t18-/m1/s1. The summed E-state index contributed by atoms with van der Waals surface area (Å²) in [6.07, 6.45) is 3.51. The largest absolute Gasteiger partial charge is 0.379 e. The molecule has 3 rings (SSSR count). The summed E-state index contributed by atoms with van der Waals surface area (Å²) < 4.78 is 13.8. The van der Waals surface area contributed by atoms with E-state index in [4.69, 9.17) is 11.0 Å². The molecule has 26 heavy (non-hydrogen) atoms. The number of nitrogens with zero attached hydrogens (tertiary/aromatic N) is 4. The molecule has 0 aromatic carbocycles. The third-order valence-electron chi connectivity index (χ3n) is 4.15. The number of nitrogens with two attached hydrogens (primary N) is 1. The first-order valence-electron chi connectivity index (χ1n) is 7.95. The summed E-state index contributed by atoms with van der Waals surface area (Å²) in [6.45, 7) is -0.699. The number of ketones is 1. The number of amidine groups is 1. The van der Waals surface area contributed by atoms with Gasteiger partial charge in [-0.05, 0) is 36.2 Å². The molecule has 2 aromatic heterocycles. The Kier molecular flexibility index (Phi) is 5.28. The van der Waals surface area contributed by atoms with E-state index < -0.39 is 12.2 Å². The number of carbonyl (C=O) groups is 1. The molecule has 0 radical (unpaired) electrons. The minimum atomic E-state index is -1.08. The van der Waals surface area contributed by atoms with Crippen molar-refractivity contribution in [1.29, 1.82) is 5.26 Å². The Hall–Kier alpha value is -2.79. The van der Waals surface area contributed by atoms with Crippen LogP contribution in [0, 0.1) is 11.3 Å². The number of aliphatic imine (C=N–C) groups is 1. The summed E-state index contributed by atoms with van der Waals surface area (Å²) in [4.78, 5) is 25.0. The zero-order chi connectivity index (χ0) is 18.6. The van der Waals surface area contributed by atoms with Gasteiger partial charge < -0.3 is 5.73 Å². The number of alkyl halides is 1. The average molecular weight is 369 g/mol.